The monoisotopic (exact) mass is 514 g/mol. The average Bonchev–Trinajstić information content (AvgIpc) is 2.91. The van der Waals surface area contributed by atoms with Crippen LogP contribution in [-0.4, -0.2) is 51.7 Å². The lowest BCUT2D eigenvalue weighted by Crippen LogP contribution is -2.51. The van der Waals surface area contributed by atoms with E-state index in [1.54, 1.807) is 0 Å². The molecule has 1 fully saturated rings. The highest BCUT2D eigenvalue weighted by atomic mass is 35.5. The number of rotatable bonds is 3. The van der Waals surface area contributed by atoms with Gasteiger partial charge in [-0.15, -0.1) is 0 Å². The number of carbonyl (C=O) groups is 2. The SMILES string of the molecule is [2H]C([2H])([2H])N(C(=O)[C@@H]1[C@H](O)[C@](C)(O)C(=O)N1c1cc(C(F)(F)F)c(F)c(C)n1)c1cc(Cl)c(F)cc1F. The summed E-state index contributed by atoms with van der Waals surface area (Å²) in [4.78, 5) is 29.7. The summed E-state index contributed by atoms with van der Waals surface area (Å²) in [6.45, 7) is -2.12. The molecule has 3 rings (SSSR count). The van der Waals surface area contributed by atoms with Crippen LogP contribution < -0.4 is 9.80 Å². The van der Waals surface area contributed by atoms with Crippen molar-refractivity contribution in [3.8, 4) is 0 Å². The number of pyridine rings is 1. The van der Waals surface area contributed by atoms with Gasteiger partial charge in [-0.05, 0) is 26.0 Å². The Morgan fingerprint density at radius 1 is 1.26 bits per heavy atom. The number of benzene rings is 1. The molecule has 7 nitrogen and oxygen atoms in total. The second kappa shape index (κ2) is 8.40. The summed E-state index contributed by atoms with van der Waals surface area (Å²) < 4.78 is 106. The van der Waals surface area contributed by atoms with E-state index in [0.29, 0.717) is 13.0 Å². The lowest BCUT2D eigenvalue weighted by atomic mass is 9.97. The number of nitrogens with zero attached hydrogens (tertiary/aromatic N) is 3. The topological polar surface area (TPSA) is 94.0 Å². The molecule has 2 amide bonds. The number of alkyl halides is 3. The fourth-order valence-electron chi connectivity index (χ4n) is 3.34. The Hall–Kier alpha value is -2.90. The first-order valence-electron chi connectivity index (χ1n) is 10.7. The highest BCUT2D eigenvalue weighted by Crippen LogP contribution is 2.39. The van der Waals surface area contributed by atoms with Gasteiger partial charge in [0.2, 0.25) is 0 Å². The molecule has 0 radical (unpaired) electrons. The highest BCUT2D eigenvalue weighted by Gasteiger charge is 2.60. The molecule has 0 aliphatic carbocycles. The largest absolute Gasteiger partial charge is 0.419 e. The van der Waals surface area contributed by atoms with Crippen LogP contribution in [0, 0.1) is 24.4 Å². The van der Waals surface area contributed by atoms with E-state index in [2.05, 4.69) is 4.98 Å². The Balaban J connectivity index is 2.27. The van der Waals surface area contributed by atoms with Crippen molar-refractivity contribution in [2.75, 3.05) is 16.8 Å². The van der Waals surface area contributed by atoms with Gasteiger partial charge < -0.3 is 15.1 Å². The van der Waals surface area contributed by atoms with Gasteiger partial charge in [0, 0.05) is 17.2 Å². The summed E-state index contributed by atoms with van der Waals surface area (Å²) in [5, 5.41) is 20.3. The summed E-state index contributed by atoms with van der Waals surface area (Å²) in [7, 11) is 0. The zero-order valence-corrected chi connectivity index (χ0v) is 17.8. The third-order valence-electron chi connectivity index (χ3n) is 5.17. The number of aryl methyl sites for hydroxylation is 1. The third kappa shape index (κ3) is 4.07. The standard InChI is InChI=1S/C20H16ClF6N3O4/c1-7-14(24)8(20(25,26)27)4-13(28-7)30-15(16(31)19(2,34)18(30)33)17(32)29(3)12-5-9(21)10(22)6-11(12)23/h4-6,15-16,31,34H,1-3H3/t15-,16-,19-/m0/s1/i3D3. The van der Waals surface area contributed by atoms with Crippen LogP contribution in [0.25, 0.3) is 0 Å². The van der Waals surface area contributed by atoms with E-state index >= 15 is 0 Å². The normalized spacial score (nSPS) is 24.6. The molecule has 0 spiro atoms. The van der Waals surface area contributed by atoms with Crippen molar-refractivity contribution in [1.82, 2.24) is 4.98 Å². The first kappa shape index (κ1) is 21.6. The second-order valence-electron chi connectivity index (χ2n) is 7.53. The third-order valence-corrected chi connectivity index (χ3v) is 5.46. The maximum Gasteiger partial charge on any atom is 0.419 e. The second-order valence-corrected chi connectivity index (χ2v) is 7.94. The van der Waals surface area contributed by atoms with Crippen molar-refractivity contribution < 1.29 is 50.3 Å². The van der Waals surface area contributed by atoms with Crippen molar-refractivity contribution in [3.05, 3.63) is 51.9 Å². The maximum atomic E-state index is 14.6. The van der Waals surface area contributed by atoms with E-state index in [1.807, 2.05) is 0 Å². The Bertz CT molecular complexity index is 1290. The molecule has 1 aliphatic heterocycles. The number of halogens is 7. The molecule has 3 atom stereocenters. The van der Waals surface area contributed by atoms with Crippen LogP contribution in [0.1, 0.15) is 22.3 Å². The van der Waals surface area contributed by atoms with Crippen molar-refractivity contribution >= 4 is 34.9 Å². The van der Waals surface area contributed by atoms with E-state index in [0.717, 1.165) is 6.92 Å². The lowest BCUT2D eigenvalue weighted by Gasteiger charge is -2.29. The number of hydrogen-bond acceptors (Lipinski definition) is 5. The molecule has 1 aliphatic rings. The molecular weight excluding hydrogens is 496 g/mol. The van der Waals surface area contributed by atoms with E-state index in [9.17, 15) is 46.1 Å². The van der Waals surface area contributed by atoms with Gasteiger partial charge in [-0.1, -0.05) is 11.6 Å². The van der Waals surface area contributed by atoms with E-state index in [4.69, 9.17) is 15.7 Å². The minimum Gasteiger partial charge on any atom is -0.387 e. The van der Waals surface area contributed by atoms with Gasteiger partial charge in [0.05, 0.1) is 22.0 Å². The predicted octanol–water partition coefficient (Wildman–Crippen LogP) is 2.97. The molecule has 2 heterocycles. The average molecular weight is 515 g/mol. The molecule has 34 heavy (non-hydrogen) atoms. The summed E-state index contributed by atoms with van der Waals surface area (Å²) in [6.07, 6.45) is -7.81. The Morgan fingerprint density at radius 2 is 1.88 bits per heavy atom. The molecular formula is C20H16ClF6N3O4. The first-order valence-corrected chi connectivity index (χ1v) is 9.56. The molecule has 0 unspecified atom stereocenters. The van der Waals surface area contributed by atoms with Gasteiger partial charge in [0.15, 0.2) is 11.4 Å². The quantitative estimate of drug-likeness (QED) is 0.485. The fraction of sp³-hybridized carbons (Fsp3) is 0.350. The number of carbonyl (C=O) groups excluding carboxylic acids is 2. The Morgan fingerprint density at radius 3 is 2.44 bits per heavy atom. The van der Waals surface area contributed by atoms with Crippen molar-refractivity contribution in [2.45, 2.75) is 37.8 Å². The van der Waals surface area contributed by atoms with Crippen molar-refractivity contribution in [3.63, 3.8) is 0 Å². The van der Waals surface area contributed by atoms with Crippen LogP contribution in [0.5, 0.6) is 0 Å². The zero-order valence-electron chi connectivity index (χ0n) is 20.1. The molecule has 1 aromatic heterocycles. The molecule has 2 aromatic rings. The van der Waals surface area contributed by atoms with Crippen LogP contribution in [0.15, 0.2) is 18.2 Å². The van der Waals surface area contributed by atoms with E-state index in [1.165, 1.54) is 0 Å². The smallest absolute Gasteiger partial charge is 0.387 e. The summed E-state index contributed by atoms with van der Waals surface area (Å²) in [6, 6.07) is -1.92. The minimum absolute atomic E-state index is 0.0175. The maximum absolute atomic E-state index is 14.6. The predicted molar refractivity (Wildman–Crippen MR) is 107 cm³/mol. The van der Waals surface area contributed by atoms with E-state index < -0.39 is 88.0 Å². The summed E-state index contributed by atoms with van der Waals surface area (Å²) >= 11 is 5.59. The molecule has 2 N–H and O–H groups in total. The van der Waals surface area contributed by atoms with Crippen LogP contribution in [-0.2, 0) is 15.8 Å². The number of aliphatic hydroxyl groups is 2. The highest BCUT2D eigenvalue weighted by molar-refractivity contribution is 6.31. The zero-order chi connectivity index (χ0) is 28.4. The number of amides is 2. The van der Waals surface area contributed by atoms with Gasteiger partial charge in [0.1, 0.15) is 29.6 Å². The summed E-state index contributed by atoms with van der Waals surface area (Å²) in [5.41, 5.74) is -6.84. The molecule has 0 saturated carbocycles. The number of anilines is 2. The van der Waals surface area contributed by atoms with Gasteiger partial charge in [-0.2, -0.15) is 13.2 Å². The van der Waals surface area contributed by atoms with Crippen LogP contribution in [0.3, 0.4) is 0 Å². The Kier molecular flexibility index (Phi) is 5.34. The van der Waals surface area contributed by atoms with Crippen molar-refractivity contribution in [2.24, 2.45) is 0 Å². The first-order chi connectivity index (χ1) is 16.7. The van der Waals surface area contributed by atoms with Gasteiger partial charge in [0.25, 0.3) is 11.8 Å². The number of aliphatic hydroxyl groups excluding tert-OH is 1. The summed E-state index contributed by atoms with van der Waals surface area (Å²) in [5.74, 6) is -9.27. The fourth-order valence-corrected chi connectivity index (χ4v) is 3.50. The molecule has 0 bridgehead atoms. The van der Waals surface area contributed by atoms with Gasteiger partial charge in [-0.3, -0.25) is 14.5 Å². The Labute approximate surface area is 197 Å². The number of hydrogen-bond donors (Lipinski definition) is 2. The van der Waals surface area contributed by atoms with Gasteiger partial charge >= 0.3 is 6.18 Å². The van der Waals surface area contributed by atoms with Crippen LogP contribution in [0.2, 0.25) is 5.02 Å². The molecule has 1 saturated heterocycles. The molecule has 1 aromatic carbocycles. The van der Waals surface area contributed by atoms with Crippen LogP contribution >= 0.6 is 11.6 Å². The van der Waals surface area contributed by atoms with E-state index in [-0.39, 0.29) is 21.9 Å². The number of aromatic nitrogens is 1. The minimum atomic E-state index is -5.31. The molecule has 184 valence electrons. The molecule has 14 heteroatoms. The van der Waals surface area contributed by atoms with Crippen molar-refractivity contribution in [1.29, 1.82) is 0 Å². The lowest BCUT2D eigenvalue weighted by molar-refractivity contribution is -0.140. The number of likely N-dealkylation sites (N-methyl/N-ethyl adjacent to an activating group) is 1. The van der Waals surface area contributed by atoms with Gasteiger partial charge in [-0.25, -0.2) is 18.2 Å². The van der Waals surface area contributed by atoms with Crippen LogP contribution in [0.4, 0.5) is 37.8 Å².